The Hall–Kier alpha value is -3.38. The van der Waals surface area contributed by atoms with Gasteiger partial charge in [0.15, 0.2) is 0 Å². The lowest BCUT2D eigenvalue weighted by Gasteiger charge is -2.31. The first-order chi connectivity index (χ1) is 16.3. The molecule has 1 aliphatic heterocycles. The summed E-state index contributed by atoms with van der Waals surface area (Å²) in [7, 11) is 0. The number of hydrogen-bond acceptors (Lipinski definition) is 3. The third kappa shape index (κ3) is 4.64. The summed E-state index contributed by atoms with van der Waals surface area (Å²) >= 11 is 6.37. The van der Waals surface area contributed by atoms with Gasteiger partial charge in [-0.2, -0.15) is 0 Å². The van der Waals surface area contributed by atoms with Gasteiger partial charge < -0.3 is 10.2 Å². The van der Waals surface area contributed by atoms with Gasteiger partial charge in [-0.1, -0.05) is 67.9 Å². The second kappa shape index (κ2) is 9.85. The van der Waals surface area contributed by atoms with Gasteiger partial charge in [0.2, 0.25) is 11.8 Å². The maximum absolute atomic E-state index is 13.6. The van der Waals surface area contributed by atoms with Crippen LogP contribution in [-0.4, -0.2) is 41.8 Å². The fourth-order valence-corrected chi connectivity index (χ4v) is 4.40. The molecule has 3 aromatic carbocycles. The number of amides is 3. The van der Waals surface area contributed by atoms with Crippen molar-refractivity contribution < 1.29 is 14.4 Å². The van der Waals surface area contributed by atoms with E-state index in [0.717, 1.165) is 16.3 Å². The quantitative estimate of drug-likeness (QED) is 0.513. The summed E-state index contributed by atoms with van der Waals surface area (Å²) in [4.78, 5) is 42.7. The molecule has 0 spiro atoms. The fraction of sp³-hybridized carbons (Fsp3) is 0.296. The van der Waals surface area contributed by atoms with Crippen molar-refractivity contribution >= 4 is 45.8 Å². The number of nitrogens with one attached hydrogen (secondary N) is 1. The zero-order valence-corrected chi connectivity index (χ0v) is 20.3. The highest BCUT2D eigenvalue weighted by Crippen LogP contribution is 2.37. The predicted octanol–water partition coefficient (Wildman–Crippen LogP) is 4.64. The molecule has 4 rings (SSSR count). The smallest absolute Gasteiger partial charge is 0.259 e. The number of nitrogens with zero attached hydrogens (tertiary/aromatic N) is 2. The topological polar surface area (TPSA) is 69.7 Å². The van der Waals surface area contributed by atoms with Crippen molar-refractivity contribution in [1.29, 1.82) is 0 Å². The molecule has 6 nitrogen and oxygen atoms in total. The first kappa shape index (κ1) is 23.8. The Balaban J connectivity index is 1.62. The summed E-state index contributed by atoms with van der Waals surface area (Å²) in [5.74, 6) is -0.502. The molecule has 1 aliphatic rings. The Kier molecular flexibility index (Phi) is 6.89. The second-order valence-electron chi connectivity index (χ2n) is 9.00. The molecule has 1 N–H and O–H groups in total. The van der Waals surface area contributed by atoms with E-state index in [2.05, 4.69) is 5.32 Å². The summed E-state index contributed by atoms with van der Waals surface area (Å²) in [6.07, 6.45) is 0. The van der Waals surface area contributed by atoms with Crippen LogP contribution in [0.3, 0.4) is 0 Å². The number of benzene rings is 3. The number of carbonyl (C=O) groups excluding carboxylic acids is 3. The van der Waals surface area contributed by atoms with Crippen molar-refractivity contribution in [1.82, 2.24) is 10.2 Å². The highest BCUT2D eigenvalue weighted by atomic mass is 35.5. The van der Waals surface area contributed by atoms with Gasteiger partial charge >= 0.3 is 0 Å². The molecule has 34 heavy (non-hydrogen) atoms. The van der Waals surface area contributed by atoms with Crippen LogP contribution >= 0.6 is 11.6 Å². The molecule has 1 atom stereocenters. The Labute approximate surface area is 204 Å². The van der Waals surface area contributed by atoms with Crippen molar-refractivity contribution in [3.8, 4) is 0 Å². The molecule has 0 aliphatic carbocycles. The molecule has 0 unspecified atom stereocenters. The van der Waals surface area contributed by atoms with Crippen molar-refractivity contribution in [3.63, 3.8) is 0 Å². The summed E-state index contributed by atoms with van der Waals surface area (Å²) in [6.45, 7) is 6.22. The molecular weight excluding hydrogens is 450 g/mol. The van der Waals surface area contributed by atoms with Gasteiger partial charge in [-0.05, 0) is 42.0 Å². The van der Waals surface area contributed by atoms with Crippen LogP contribution in [0.15, 0.2) is 60.7 Å². The standard InChI is InChI=1S/C27H28ClN3O3/c1-17(2)14-29-26(33)18(3)30(15-20-8-4-5-12-22(20)28)24(32)16-31-23-13-7-10-19-9-6-11-21(25(19)23)27(31)34/h4-13,17-18H,14-16H2,1-3H3,(H,29,33)/t18-/m1/s1. The van der Waals surface area contributed by atoms with Crippen LogP contribution in [0, 0.1) is 5.92 Å². The number of carbonyl (C=O) groups is 3. The summed E-state index contributed by atoms with van der Waals surface area (Å²) in [5.41, 5.74) is 2.03. The molecule has 176 valence electrons. The maximum atomic E-state index is 13.6. The van der Waals surface area contributed by atoms with Crippen LogP contribution in [0.25, 0.3) is 10.8 Å². The van der Waals surface area contributed by atoms with Crippen LogP contribution in [-0.2, 0) is 16.1 Å². The van der Waals surface area contributed by atoms with E-state index in [1.807, 2.05) is 62.4 Å². The molecule has 0 radical (unpaired) electrons. The van der Waals surface area contributed by atoms with Gasteiger partial charge in [-0.25, -0.2) is 0 Å². The van der Waals surface area contributed by atoms with E-state index < -0.39 is 6.04 Å². The van der Waals surface area contributed by atoms with Gasteiger partial charge in [0.05, 0.1) is 5.69 Å². The van der Waals surface area contributed by atoms with E-state index in [4.69, 9.17) is 11.6 Å². The van der Waals surface area contributed by atoms with E-state index >= 15 is 0 Å². The molecule has 3 amide bonds. The van der Waals surface area contributed by atoms with Crippen LogP contribution in [0.5, 0.6) is 0 Å². The minimum absolute atomic E-state index is 0.161. The maximum Gasteiger partial charge on any atom is 0.259 e. The monoisotopic (exact) mass is 477 g/mol. The SMILES string of the molecule is CC(C)CNC(=O)[C@@H](C)N(Cc1ccccc1Cl)C(=O)CN1C(=O)c2cccc3cccc1c23. The van der Waals surface area contributed by atoms with Gasteiger partial charge in [0, 0.05) is 29.1 Å². The predicted molar refractivity (Wildman–Crippen MR) is 135 cm³/mol. The lowest BCUT2D eigenvalue weighted by molar-refractivity contribution is -0.139. The number of halogens is 1. The third-order valence-corrected chi connectivity index (χ3v) is 6.46. The molecule has 0 fully saturated rings. The van der Waals surface area contributed by atoms with Gasteiger partial charge in [-0.15, -0.1) is 0 Å². The fourth-order valence-electron chi connectivity index (χ4n) is 4.21. The minimum Gasteiger partial charge on any atom is -0.354 e. The Morgan fingerprint density at radius 2 is 1.71 bits per heavy atom. The number of rotatable bonds is 8. The van der Waals surface area contributed by atoms with Crippen LogP contribution in [0.1, 0.15) is 36.7 Å². The lowest BCUT2D eigenvalue weighted by atomic mass is 10.1. The lowest BCUT2D eigenvalue weighted by Crippen LogP contribution is -2.51. The third-order valence-electron chi connectivity index (χ3n) is 6.09. The molecule has 7 heteroatoms. The highest BCUT2D eigenvalue weighted by molar-refractivity contribution is 6.31. The number of hydrogen-bond donors (Lipinski definition) is 1. The normalized spacial score (nSPS) is 13.4. The zero-order valence-electron chi connectivity index (χ0n) is 19.5. The van der Waals surface area contributed by atoms with E-state index in [-0.39, 0.29) is 36.7 Å². The molecule has 1 heterocycles. The van der Waals surface area contributed by atoms with Gasteiger partial charge in [0.1, 0.15) is 12.6 Å². The summed E-state index contributed by atoms with van der Waals surface area (Å²) in [6, 6.07) is 17.8. The zero-order chi connectivity index (χ0) is 24.4. The van der Waals surface area contributed by atoms with Crippen molar-refractivity contribution in [2.45, 2.75) is 33.4 Å². The van der Waals surface area contributed by atoms with E-state index in [0.29, 0.717) is 22.8 Å². The van der Waals surface area contributed by atoms with E-state index in [9.17, 15) is 14.4 Å². The Morgan fingerprint density at radius 3 is 2.41 bits per heavy atom. The van der Waals surface area contributed by atoms with Crippen molar-refractivity contribution in [2.75, 3.05) is 18.0 Å². The highest BCUT2D eigenvalue weighted by Gasteiger charge is 2.34. The minimum atomic E-state index is -0.738. The first-order valence-electron chi connectivity index (χ1n) is 11.4. The first-order valence-corrected chi connectivity index (χ1v) is 11.8. The van der Waals surface area contributed by atoms with E-state index in [1.165, 1.54) is 9.80 Å². The van der Waals surface area contributed by atoms with Gasteiger partial charge in [-0.3, -0.25) is 19.3 Å². The average molecular weight is 478 g/mol. The molecule has 0 aromatic heterocycles. The summed E-state index contributed by atoms with van der Waals surface area (Å²) < 4.78 is 0. The van der Waals surface area contributed by atoms with Crippen LogP contribution in [0.4, 0.5) is 5.69 Å². The average Bonchev–Trinajstić information content (AvgIpc) is 3.09. The summed E-state index contributed by atoms with van der Waals surface area (Å²) in [5, 5.41) is 5.22. The molecule has 3 aromatic rings. The molecule has 0 bridgehead atoms. The largest absolute Gasteiger partial charge is 0.354 e. The molecule has 0 saturated heterocycles. The van der Waals surface area contributed by atoms with Crippen molar-refractivity contribution in [3.05, 3.63) is 76.8 Å². The van der Waals surface area contributed by atoms with Crippen LogP contribution in [0.2, 0.25) is 5.02 Å². The van der Waals surface area contributed by atoms with Crippen LogP contribution < -0.4 is 10.2 Å². The molecular formula is C27H28ClN3O3. The van der Waals surface area contributed by atoms with E-state index in [1.54, 1.807) is 19.1 Å². The second-order valence-corrected chi connectivity index (χ2v) is 9.41. The Bertz CT molecular complexity index is 1250. The number of anilines is 1. The van der Waals surface area contributed by atoms with Gasteiger partial charge in [0.25, 0.3) is 5.91 Å². The Morgan fingerprint density at radius 1 is 1.00 bits per heavy atom. The van der Waals surface area contributed by atoms with Crippen molar-refractivity contribution in [2.24, 2.45) is 5.92 Å². The molecule has 0 saturated carbocycles.